The highest BCUT2D eigenvalue weighted by Gasteiger charge is 2.33. The lowest BCUT2D eigenvalue weighted by molar-refractivity contribution is -0.00906. The third-order valence-corrected chi connectivity index (χ3v) is 5.21. The van der Waals surface area contributed by atoms with Gasteiger partial charge in [0.2, 0.25) is 0 Å². The van der Waals surface area contributed by atoms with Crippen LogP contribution >= 0.6 is 0 Å². The minimum Gasteiger partial charge on any atom is -0.369 e. The number of rotatable bonds is 2. The Balaban J connectivity index is 1.50. The fourth-order valence-electron chi connectivity index (χ4n) is 4.00. The van der Waals surface area contributed by atoms with Gasteiger partial charge < -0.3 is 14.5 Å². The molecule has 0 saturated carbocycles. The number of hydrogen-bond donors (Lipinski definition) is 0. The summed E-state index contributed by atoms with van der Waals surface area (Å²) >= 11 is 0. The Morgan fingerprint density at radius 2 is 1.96 bits per heavy atom. The Hall–Kier alpha value is -2.48. The van der Waals surface area contributed by atoms with Crippen molar-refractivity contribution in [1.29, 1.82) is 0 Å². The highest BCUT2D eigenvalue weighted by molar-refractivity contribution is 5.94. The van der Waals surface area contributed by atoms with Gasteiger partial charge in [0, 0.05) is 45.2 Å². The number of carbonyl (C=O) groups is 1. The molecule has 2 atom stereocenters. The van der Waals surface area contributed by atoms with E-state index in [1.165, 1.54) is 0 Å². The van der Waals surface area contributed by atoms with E-state index in [1.54, 1.807) is 17.1 Å². The molecule has 8 nitrogen and oxygen atoms in total. The van der Waals surface area contributed by atoms with Gasteiger partial charge in [0.1, 0.15) is 0 Å². The number of anilines is 1. The van der Waals surface area contributed by atoms with Gasteiger partial charge in [-0.05, 0) is 19.9 Å². The van der Waals surface area contributed by atoms with E-state index in [0.717, 1.165) is 36.5 Å². The average Bonchev–Trinajstić information content (AvgIpc) is 2.98. The summed E-state index contributed by atoms with van der Waals surface area (Å²) in [6.45, 7) is 6.97. The lowest BCUT2D eigenvalue weighted by Gasteiger charge is -2.35. The van der Waals surface area contributed by atoms with Crippen molar-refractivity contribution in [3.8, 4) is 0 Å². The maximum absolute atomic E-state index is 13.1. The van der Waals surface area contributed by atoms with Crippen LogP contribution in [0.5, 0.6) is 0 Å². The molecule has 8 heteroatoms. The van der Waals surface area contributed by atoms with Gasteiger partial charge in [-0.1, -0.05) is 0 Å². The molecule has 2 aliphatic heterocycles. The molecule has 1 saturated heterocycles. The summed E-state index contributed by atoms with van der Waals surface area (Å²) in [7, 11) is 1.89. The van der Waals surface area contributed by atoms with Crippen molar-refractivity contribution < 1.29 is 9.53 Å². The Morgan fingerprint density at radius 3 is 2.65 bits per heavy atom. The van der Waals surface area contributed by atoms with E-state index in [2.05, 4.69) is 20.2 Å². The monoisotopic (exact) mass is 356 g/mol. The van der Waals surface area contributed by atoms with Gasteiger partial charge in [0.05, 0.1) is 36.0 Å². The SMILES string of the molecule is C[C@@H]1Cc2c(C(=O)N3CCN(c4ccnnc4)CC3)nn(C)c2[C@H](C)O1. The van der Waals surface area contributed by atoms with Gasteiger partial charge in [0.15, 0.2) is 5.69 Å². The largest absolute Gasteiger partial charge is 0.369 e. The molecule has 0 bridgehead atoms. The number of hydrogen-bond acceptors (Lipinski definition) is 6. The summed E-state index contributed by atoms with van der Waals surface area (Å²) in [5, 5.41) is 12.3. The number of ether oxygens (including phenoxy) is 1. The molecule has 0 N–H and O–H groups in total. The first kappa shape index (κ1) is 17.0. The predicted octanol–water partition coefficient (Wildman–Crippen LogP) is 1.19. The maximum Gasteiger partial charge on any atom is 0.274 e. The third-order valence-electron chi connectivity index (χ3n) is 5.21. The van der Waals surface area contributed by atoms with E-state index >= 15 is 0 Å². The second-order valence-corrected chi connectivity index (χ2v) is 7.01. The number of piperazine rings is 1. The van der Waals surface area contributed by atoms with Crippen LogP contribution in [-0.2, 0) is 18.2 Å². The average molecular weight is 356 g/mol. The molecule has 2 aromatic rings. The van der Waals surface area contributed by atoms with E-state index in [9.17, 15) is 4.79 Å². The van der Waals surface area contributed by atoms with E-state index in [-0.39, 0.29) is 18.1 Å². The first-order valence-electron chi connectivity index (χ1n) is 9.06. The molecule has 1 fully saturated rings. The molecule has 0 aliphatic carbocycles. The molecule has 0 aromatic carbocycles. The van der Waals surface area contributed by atoms with Gasteiger partial charge in [-0.25, -0.2) is 0 Å². The molecule has 26 heavy (non-hydrogen) atoms. The molecule has 4 rings (SSSR count). The summed E-state index contributed by atoms with van der Waals surface area (Å²) in [6, 6.07) is 1.95. The highest BCUT2D eigenvalue weighted by Crippen LogP contribution is 2.32. The van der Waals surface area contributed by atoms with Crippen molar-refractivity contribution in [3.63, 3.8) is 0 Å². The Morgan fingerprint density at radius 1 is 1.19 bits per heavy atom. The molecule has 1 amide bonds. The maximum atomic E-state index is 13.1. The van der Waals surface area contributed by atoms with Crippen molar-refractivity contribution >= 4 is 11.6 Å². The zero-order valence-corrected chi connectivity index (χ0v) is 15.4. The topological polar surface area (TPSA) is 76.4 Å². The predicted molar refractivity (Wildman–Crippen MR) is 96.0 cm³/mol. The second kappa shape index (κ2) is 6.68. The van der Waals surface area contributed by atoms with Crippen molar-refractivity contribution in [2.24, 2.45) is 7.05 Å². The van der Waals surface area contributed by atoms with Crippen LogP contribution in [0.2, 0.25) is 0 Å². The van der Waals surface area contributed by atoms with Crippen LogP contribution in [0.25, 0.3) is 0 Å². The Bertz CT molecular complexity index is 798. The molecule has 0 unspecified atom stereocenters. The lowest BCUT2D eigenvalue weighted by atomic mass is 9.99. The molecular weight excluding hydrogens is 332 g/mol. The summed E-state index contributed by atoms with van der Waals surface area (Å²) in [6.07, 6.45) is 4.25. The summed E-state index contributed by atoms with van der Waals surface area (Å²) < 4.78 is 7.70. The van der Waals surface area contributed by atoms with Gasteiger partial charge >= 0.3 is 0 Å². The first-order valence-corrected chi connectivity index (χ1v) is 9.06. The summed E-state index contributed by atoms with van der Waals surface area (Å²) in [5.41, 5.74) is 3.70. The zero-order valence-electron chi connectivity index (χ0n) is 15.4. The van der Waals surface area contributed by atoms with E-state index in [4.69, 9.17) is 4.74 Å². The zero-order chi connectivity index (χ0) is 18.3. The minimum atomic E-state index is -0.0381. The molecule has 0 spiro atoms. The van der Waals surface area contributed by atoms with E-state index in [1.807, 2.05) is 31.9 Å². The molecule has 0 radical (unpaired) electrons. The quantitative estimate of drug-likeness (QED) is 0.805. The smallest absolute Gasteiger partial charge is 0.274 e. The number of nitrogens with zero attached hydrogens (tertiary/aromatic N) is 6. The number of aromatic nitrogens is 4. The fourth-order valence-corrected chi connectivity index (χ4v) is 4.00. The van der Waals surface area contributed by atoms with Crippen LogP contribution < -0.4 is 4.90 Å². The third kappa shape index (κ3) is 2.94. The molecule has 2 aliphatic rings. The number of amides is 1. The highest BCUT2D eigenvalue weighted by atomic mass is 16.5. The normalized spacial score (nSPS) is 23.0. The lowest BCUT2D eigenvalue weighted by Crippen LogP contribution is -2.49. The summed E-state index contributed by atoms with van der Waals surface area (Å²) in [4.78, 5) is 17.2. The van der Waals surface area contributed by atoms with Gasteiger partial charge in [-0.2, -0.15) is 15.3 Å². The van der Waals surface area contributed by atoms with E-state index in [0.29, 0.717) is 18.8 Å². The van der Waals surface area contributed by atoms with Gasteiger partial charge in [-0.15, -0.1) is 0 Å². The minimum absolute atomic E-state index is 0.0238. The van der Waals surface area contributed by atoms with Gasteiger partial charge in [-0.3, -0.25) is 9.48 Å². The molecule has 2 aromatic heterocycles. The Labute approximate surface area is 152 Å². The molecular formula is C18H24N6O2. The van der Waals surface area contributed by atoms with Crippen molar-refractivity contribution in [2.75, 3.05) is 31.1 Å². The van der Waals surface area contributed by atoms with Crippen molar-refractivity contribution in [2.45, 2.75) is 32.5 Å². The standard InChI is InChI=1S/C18H24N6O2/c1-12-10-15-16(21-22(3)17(15)13(2)26-12)18(25)24-8-6-23(7-9-24)14-4-5-19-20-11-14/h4-5,11-13H,6-10H2,1-3H3/t12-,13+/m1/s1. The molecule has 138 valence electrons. The second-order valence-electron chi connectivity index (χ2n) is 7.01. The van der Waals surface area contributed by atoms with Crippen molar-refractivity contribution in [1.82, 2.24) is 24.9 Å². The number of fused-ring (bicyclic) bond motifs is 1. The number of carbonyl (C=O) groups excluding carboxylic acids is 1. The number of aryl methyl sites for hydroxylation is 1. The fraction of sp³-hybridized carbons (Fsp3) is 0.556. The van der Waals surface area contributed by atoms with Crippen LogP contribution in [0.15, 0.2) is 18.5 Å². The molecule has 4 heterocycles. The van der Waals surface area contributed by atoms with Crippen LogP contribution in [0.3, 0.4) is 0 Å². The van der Waals surface area contributed by atoms with Crippen LogP contribution in [-0.4, -0.2) is 63.1 Å². The summed E-state index contributed by atoms with van der Waals surface area (Å²) in [5.74, 6) is 0.0238. The first-order chi connectivity index (χ1) is 12.5. The Kier molecular flexibility index (Phi) is 4.36. The van der Waals surface area contributed by atoms with Crippen LogP contribution in [0.4, 0.5) is 5.69 Å². The van der Waals surface area contributed by atoms with Crippen molar-refractivity contribution in [3.05, 3.63) is 35.4 Å². The van der Waals surface area contributed by atoms with E-state index < -0.39 is 0 Å². The van der Waals surface area contributed by atoms with Gasteiger partial charge in [0.25, 0.3) is 5.91 Å². The van der Waals surface area contributed by atoms with Crippen LogP contribution in [0.1, 0.15) is 41.7 Å². The van der Waals surface area contributed by atoms with Crippen LogP contribution in [0, 0.1) is 0 Å².